The molecule has 116 valence electrons. The van der Waals surface area contributed by atoms with Crippen molar-refractivity contribution in [2.75, 3.05) is 5.32 Å². The van der Waals surface area contributed by atoms with Crippen LogP contribution in [0.3, 0.4) is 0 Å². The molecule has 2 rings (SSSR count). The second-order valence-electron chi connectivity index (χ2n) is 5.31. The summed E-state index contributed by atoms with van der Waals surface area (Å²) in [5, 5.41) is 19.3. The molecule has 7 nitrogen and oxygen atoms in total. The zero-order chi connectivity index (χ0) is 15.5. The molecular formula is C13H19N3O4S. The maximum atomic E-state index is 11.3. The molecule has 0 bridgehead atoms. The second kappa shape index (κ2) is 6.40. The number of sulfonamides is 1. The predicted molar refractivity (Wildman–Crippen MR) is 79.6 cm³/mol. The van der Waals surface area contributed by atoms with Crippen LogP contribution in [-0.4, -0.2) is 19.4 Å². The molecule has 0 amide bonds. The molecule has 0 unspecified atom stereocenters. The van der Waals surface area contributed by atoms with Crippen molar-refractivity contribution in [3.63, 3.8) is 0 Å². The van der Waals surface area contributed by atoms with E-state index in [0.29, 0.717) is 5.69 Å². The number of nitrogens with one attached hydrogen (secondary N) is 1. The maximum absolute atomic E-state index is 11.3. The SMILES string of the molecule is NS(=O)(=O)c1ccc(NC2CCCCCC2)c([N+](=O)[O-])c1. The van der Waals surface area contributed by atoms with Crippen molar-refractivity contribution in [1.29, 1.82) is 0 Å². The Morgan fingerprint density at radius 3 is 2.33 bits per heavy atom. The van der Waals surface area contributed by atoms with E-state index in [0.717, 1.165) is 31.7 Å². The van der Waals surface area contributed by atoms with Crippen LogP contribution in [0.4, 0.5) is 11.4 Å². The molecule has 0 aromatic heterocycles. The van der Waals surface area contributed by atoms with Crippen LogP contribution in [0.2, 0.25) is 0 Å². The molecular weight excluding hydrogens is 294 g/mol. The first kappa shape index (κ1) is 15.7. The van der Waals surface area contributed by atoms with Gasteiger partial charge < -0.3 is 5.32 Å². The van der Waals surface area contributed by atoms with Crippen molar-refractivity contribution in [3.8, 4) is 0 Å². The molecule has 3 N–H and O–H groups in total. The quantitative estimate of drug-likeness (QED) is 0.503. The third-order valence-electron chi connectivity index (χ3n) is 3.71. The standard InChI is InChI=1S/C13H19N3O4S/c14-21(19,20)11-7-8-12(13(9-11)16(17)18)15-10-5-3-1-2-4-6-10/h7-10,15H,1-6H2,(H2,14,19,20). The van der Waals surface area contributed by atoms with Crippen molar-refractivity contribution < 1.29 is 13.3 Å². The lowest BCUT2D eigenvalue weighted by atomic mass is 10.1. The van der Waals surface area contributed by atoms with Crippen LogP contribution < -0.4 is 10.5 Å². The van der Waals surface area contributed by atoms with Gasteiger partial charge in [-0.1, -0.05) is 25.7 Å². The minimum atomic E-state index is -3.95. The number of nitrogens with two attached hydrogens (primary N) is 1. The van der Waals surface area contributed by atoms with Gasteiger partial charge in [0.2, 0.25) is 10.0 Å². The Hall–Kier alpha value is -1.67. The van der Waals surface area contributed by atoms with Crippen LogP contribution in [0.25, 0.3) is 0 Å². The van der Waals surface area contributed by atoms with Crippen LogP contribution in [0.5, 0.6) is 0 Å². The van der Waals surface area contributed by atoms with Crippen molar-refractivity contribution in [2.45, 2.75) is 49.5 Å². The molecule has 1 aliphatic rings. The van der Waals surface area contributed by atoms with E-state index in [1.165, 1.54) is 25.0 Å². The number of hydrogen-bond acceptors (Lipinski definition) is 5. The van der Waals surface area contributed by atoms with Crippen LogP contribution in [-0.2, 0) is 10.0 Å². The number of benzene rings is 1. The largest absolute Gasteiger partial charge is 0.377 e. The lowest BCUT2D eigenvalue weighted by Gasteiger charge is -2.17. The lowest BCUT2D eigenvalue weighted by Crippen LogP contribution is -2.19. The van der Waals surface area contributed by atoms with Gasteiger partial charge in [-0.05, 0) is 25.0 Å². The lowest BCUT2D eigenvalue weighted by molar-refractivity contribution is -0.384. The number of rotatable bonds is 4. The summed E-state index contributed by atoms with van der Waals surface area (Å²) < 4.78 is 22.6. The summed E-state index contributed by atoms with van der Waals surface area (Å²) in [6.07, 6.45) is 6.50. The summed E-state index contributed by atoms with van der Waals surface area (Å²) in [4.78, 5) is 10.3. The highest BCUT2D eigenvalue weighted by Crippen LogP contribution is 2.30. The van der Waals surface area contributed by atoms with Crippen LogP contribution in [0.1, 0.15) is 38.5 Å². The molecule has 1 saturated carbocycles. The summed E-state index contributed by atoms with van der Waals surface area (Å²) in [6, 6.07) is 3.91. The number of primary sulfonamides is 1. The third kappa shape index (κ3) is 4.15. The van der Waals surface area contributed by atoms with Crippen LogP contribution >= 0.6 is 0 Å². The van der Waals surface area contributed by atoms with Gasteiger partial charge in [0, 0.05) is 12.1 Å². The number of nitro groups is 1. The Bertz CT molecular complexity index is 622. The Kier molecular flexibility index (Phi) is 4.79. The van der Waals surface area contributed by atoms with E-state index < -0.39 is 14.9 Å². The fourth-order valence-electron chi connectivity index (χ4n) is 2.61. The van der Waals surface area contributed by atoms with E-state index in [-0.39, 0.29) is 16.6 Å². The molecule has 0 spiro atoms. The molecule has 1 aliphatic carbocycles. The zero-order valence-electron chi connectivity index (χ0n) is 11.6. The highest BCUT2D eigenvalue weighted by atomic mass is 32.2. The molecule has 0 radical (unpaired) electrons. The van der Waals surface area contributed by atoms with Gasteiger partial charge in [-0.15, -0.1) is 0 Å². The molecule has 1 fully saturated rings. The molecule has 0 saturated heterocycles. The van der Waals surface area contributed by atoms with E-state index >= 15 is 0 Å². The van der Waals surface area contributed by atoms with Gasteiger partial charge in [-0.2, -0.15) is 0 Å². The van der Waals surface area contributed by atoms with Gasteiger partial charge in [0.15, 0.2) is 0 Å². The summed E-state index contributed by atoms with van der Waals surface area (Å²) in [5.41, 5.74) is 0.0880. The highest BCUT2D eigenvalue weighted by molar-refractivity contribution is 7.89. The second-order valence-corrected chi connectivity index (χ2v) is 6.88. The maximum Gasteiger partial charge on any atom is 0.293 e. The first-order chi connectivity index (χ1) is 9.88. The third-order valence-corrected chi connectivity index (χ3v) is 4.62. The first-order valence-corrected chi connectivity index (χ1v) is 8.50. The Balaban J connectivity index is 2.28. The van der Waals surface area contributed by atoms with Crippen LogP contribution in [0, 0.1) is 10.1 Å². The fraction of sp³-hybridized carbons (Fsp3) is 0.538. The Morgan fingerprint density at radius 2 is 1.81 bits per heavy atom. The minimum Gasteiger partial charge on any atom is -0.377 e. The van der Waals surface area contributed by atoms with Gasteiger partial charge in [0.1, 0.15) is 5.69 Å². The molecule has 21 heavy (non-hydrogen) atoms. The van der Waals surface area contributed by atoms with Gasteiger partial charge in [-0.3, -0.25) is 10.1 Å². The average Bonchev–Trinajstić information content (AvgIpc) is 2.66. The summed E-state index contributed by atoms with van der Waals surface area (Å²) in [7, 11) is -3.95. The molecule has 0 atom stereocenters. The van der Waals surface area contributed by atoms with Crippen molar-refractivity contribution in [2.24, 2.45) is 5.14 Å². The topological polar surface area (TPSA) is 115 Å². The number of hydrogen-bond donors (Lipinski definition) is 2. The minimum absolute atomic E-state index is 0.187. The number of anilines is 1. The van der Waals surface area contributed by atoms with Gasteiger partial charge >= 0.3 is 0 Å². The van der Waals surface area contributed by atoms with Gasteiger partial charge in [0.05, 0.1) is 9.82 Å². The molecule has 1 aromatic rings. The summed E-state index contributed by atoms with van der Waals surface area (Å²) in [5.74, 6) is 0. The van der Waals surface area contributed by atoms with E-state index in [9.17, 15) is 18.5 Å². The zero-order valence-corrected chi connectivity index (χ0v) is 12.4. The van der Waals surface area contributed by atoms with E-state index in [1.807, 2.05) is 0 Å². The predicted octanol–water partition coefficient (Wildman–Crippen LogP) is 2.38. The summed E-state index contributed by atoms with van der Waals surface area (Å²) >= 11 is 0. The molecule has 8 heteroatoms. The van der Waals surface area contributed by atoms with E-state index in [4.69, 9.17) is 5.14 Å². The van der Waals surface area contributed by atoms with Crippen molar-refractivity contribution >= 4 is 21.4 Å². The average molecular weight is 313 g/mol. The Labute approximate surface area is 123 Å². The summed E-state index contributed by atoms with van der Waals surface area (Å²) in [6.45, 7) is 0. The van der Waals surface area contributed by atoms with E-state index in [2.05, 4.69) is 5.32 Å². The van der Waals surface area contributed by atoms with Crippen LogP contribution in [0.15, 0.2) is 23.1 Å². The van der Waals surface area contributed by atoms with Gasteiger partial charge in [0.25, 0.3) is 5.69 Å². The normalized spacial score (nSPS) is 17.2. The molecule has 0 heterocycles. The van der Waals surface area contributed by atoms with E-state index in [1.54, 1.807) is 0 Å². The Morgan fingerprint density at radius 1 is 1.19 bits per heavy atom. The first-order valence-electron chi connectivity index (χ1n) is 6.96. The van der Waals surface area contributed by atoms with Gasteiger partial charge in [-0.25, -0.2) is 13.6 Å². The molecule has 1 aromatic carbocycles. The monoisotopic (exact) mass is 313 g/mol. The van der Waals surface area contributed by atoms with Crippen molar-refractivity contribution in [3.05, 3.63) is 28.3 Å². The number of nitrogens with zero attached hydrogens (tertiary/aromatic N) is 1. The molecule has 0 aliphatic heterocycles. The number of nitro benzene ring substituents is 1. The smallest absolute Gasteiger partial charge is 0.293 e. The van der Waals surface area contributed by atoms with Crippen molar-refractivity contribution in [1.82, 2.24) is 0 Å². The fourth-order valence-corrected chi connectivity index (χ4v) is 3.14. The highest BCUT2D eigenvalue weighted by Gasteiger charge is 2.21.